The smallest absolute Gasteiger partial charge is 0.418 e. The van der Waals surface area contributed by atoms with Gasteiger partial charge in [-0.3, -0.25) is 9.59 Å². The predicted molar refractivity (Wildman–Crippen MR) is 118 cm³/mol. The third-order valence-electron chi connectivity index (χ3n) is 5.12. The minimum Gasteiger partial charge on any atom is -0.486 e. The summed E-state index contributed by atoms with van der Waals surface area (Å²) < 4.78 is 52.3. The molecule has 3 aromatic rings. The van der Waals surface area contributed by atoms with Gasteiger partial charge in [-0.25, -0.2) is 4.68 Å². The molecule has 34 heavy (non-hydrogen) atoms. The van der Waals surface area contributed by atoms with Gasteiger partial charge in [0.25, 0.3) is 5.91 Å². The number of aromatic nitrogens is 2. The standard InChI is InChI=1S/C23H19ClF3N3O4/c1-13-10-18(31)20(29-30(13)17-5-3-2-4-15(17)23(25,26)27)22(32)28-7-6-14-11-16(24)21-19(12-14)33-8-9-34-21/h2-5,10-12H,6-9H2,1H3,(H,28,32). The highest BCUT2D eigenvalue weighted by Gasteiger charge is 2.34. The van der Waals surface area contributed by atoms with Crippen LogP contribution < -0.4 is 20.2 Å². The molecule has 1 aliphatic heterocycles. The number of nitrogens with one attached hydrogen (secondary N) is 1. The molecule has 7 nitrogen and oxygen atoms in total. The van der Waals surface area contributed by atoms with Gasteiger partial charge in [0.1, 0.15) is 13.2 Å². The summed E-state index contributed by atoms with van der Waals surface area (Å²) in [6.45, 7) is 2.36. The Morgan fingerprint density at radius 3 is 2.68 bits per heavy atom. The maximum Gasteiger partial charge on any atom is 0.418 e. The summed E-state index contributed by atoms with van der Waals surface area (Å²) in [5.74, 6) is 0.169. The number of rotatable bonds is 5. The Morgan fingerprint density at radius 2 is 1.91 bits per heavy atom. The topological polar surface area (TPSA) is 82.5 Å². The van der Waals surface area contributed by atoms with E-state index in [9.17, 15) is 22.8 Å². The van der Waals surface area contributed by atoms with Crippen LogP contribution in [-0.4, -0.2) is 35.4 Å². The van der Waals surface area contributed by atoms with Gasteiger partial charge in [-0.1, -0.05) is 23.7 Å². The van der Waals surface area contributed by atoms with Gasteiger partial charge in [-0.2, -0.15) is 18.3 Å². The number of carbonyl (C=O) groups excluding carboxylic acids is 1. The first-order valence-electron chi connectivity index (χ1n) is 10.3. The number of alkyl halides is 3. The average molecular weight is 494 g/mol. The van der Waals surface area contributed by atoms with E-state index >= 15 is 0 Å². The van der Waals surface area contributed by atoms with Gasteiger partial charge in [0, 0.05) is 18.3 Å². The molecule has 0 unspecified atom stereocenters. The Bertz CT molecular complexity index is 1310. The Labute approximate surface area is 197 Å². The lowest BCUT2D eigenvalue weighted by Gasteiger charge is -2.20. The molecule has 1 amide bonds. The quantitative estimate of drug-likeness (QED) is 0.582. The first-order chi connectivity index (χ1) is 16.1. The van der Waals surface area contributed by atoms with Gasteiger partial charge in [-0.05, 0) is 43.2 Å². The number of amides is 1. The van der Waals surface area contributed by atoms with Gasteiger partial charge < -0.3 is 14.8 Å². The molecule has 0 saturated carbocycles. The number of halogens is 4. The highest BCUT2D eigenvalue weighted by molar-refractivity contribution is 6.32. The fourth-order valence-electron chi connectivity index (χ4n) is 3.56. The molecule has 0 aliphatic carbocycles. The maximum atomic E-state index is 13.5. The molecular formula is C23H19ClF3N3O4. The molecule has 178 valence electrons. The highest BCUT2D eigenvalue weighted by Crippen LogP contribution is 2.38. The third kappa shape index (κ3) is 4.86. The van der Waals surface area contributed by atoms with Gasteiger partial charge >= 0.3 is 6.18 Å². The van der Waals surface area contributed by atoms with E-state index in [0.717, 1.165) is 22.4 Å². The van der Waals surface area contributed by atoms with Crippen molar-refractivity contribution in [2.24, 2.45) is 0 Å². The number of carbonyl (C=O) groups is 1. The van der Waals surface area contributed by atoms with E-state index in [4.69, 9.17) is 21.1 Å². The summed E-state index contributed by atoms with van der Waals surface area (Å²) in [6.07, 6.45) is -4.28. The minimum atomic E-state index is -4.64. The van der Waals surface area contributed by atoms with Gasteiger partial charge in [0.15, 0.2) is 17.2 Å². The fourth-order valence-corrected chi connectivity index (χ4v) is 3.85. The number of fused-ring (bicyclic) bond motifs is 1. The number of hydrogen-bond donors (Lipinski definition) is 1. The molecular weight excluding hydrogens is 475 g/mol. The van der Waals surface area contributed by atoms with Crippen LogP contribution in [0.15, 0.2) is 47.3 Å². The minimum absolute atomic E-state index is 0.128. The van der Waals surface area contributed by atoms with Crippen LogP contribution in [0.4, 0.5) is 13.2 Å². The zero-order valence-electron chi connectivity index (χ0n) is 17.9. The Balaban J connectivity index is 1.54. The van der Waals surface area contributed by atoms with Crippen molar-refractivity contribution in [1.29, 1.82) is 0 Å². The van der Waals surface area contributed by atoms with Gasteiger partial charge in [-0.15, -0.1) is 0 Å². The van der Waals surface area contributed by atoms with Crippen molar-refractivity contribution in [2.75, 3.05) is 19.8 Å². The average Bonchev–Trinajstić information content (AvgIpc) is 2.78. The summed E-state index contributed by atoms with van der Waals surface area (Å²) in [7, 11) is 0. The summed E-state index contributed by atoms with van der Waals surface area (Å²) >= 11 is 6.21. The van der Waals surface area contributed by atoms with Crippen molar-refractivity contribution in [3.8, 4) is 17.2 Å². The van der Waals surface area contributed by atoms with E-state index in [1.165, 1.54) is 25.1 Å². The molecule has 2 heterocycles. The monoisotopic (exact) mass is 493 g/mol. The van der Waals surface area contributed by atoms with Gasteiger partial charge in [0.2, 0.25) is 5.43 Å². The normalized spacial score (nSPS) is 13.0. The van der Waals surface area contributed by atoms with Crippen LogP contribution in [0.5, 0.6) is 11.5 Å². The van der Waals surface area contributed by atoms with E-state index in [2.05, 4.69) is 10.4 Å². The van der Waals surface area contributed by atoms with Crippen LogP contribution in [0.1, 0.15) is 27.3 Å². The highest BCUT2D eigenvalue weighted by atomic mass is 35.5. The molecule has 4 rings (SSSR count). The molecule has 0 saturated heterocycles. The predicted octanol–water partition coefficient (Wildman–Crippen LogP) is 3.96. The lowest BCUT2D eigenvalue weighted by molar-refractivity contribution is -0.137. The van der Waals surface area contributed by atoms with Crippen molar-refractivity contribution in [2.45, 2.75) is 19.5 Å². The second kappa shape index (κ2) is 9.38. The van der Waals surface area contributed by atoms with Crippen LogP contribution in [0.3, 0.4) is 0 Å². The number of aryl methyl sites for hydroxylation is 1. The number of benzene rings is 2. The van der Waals surface area contributed by atoms with Crippen LogP contribution in [0, 0.1) is 6.92 Å². The number of para-hydroxylation sites is 1. The van der Waals surface area contributed by atoms with Crippen LogP contribution in [0.25, 0.3) is 5.69 Å². The van der Waals surface area contributed by atoms with Crippen LogP contribution in [-0.2, 0) is 12.6 Å². The number of ether oxygens (including phenoxy) is 2. The Kier molecular flexibility index (Phi) is 6.52. The molecule has 0 bridgehead atoms. The second-order valence-corrected chi connectivity index (χ2v) is 7.94. The molecule has 0 fully saturated rings. The zero-order valence-corrected chi connectivity index (χ0v) is 18.7. The fraction of sp³-hybridized carbons (Fsp3) is 0.261. The van der Waals surface area contributed by atoms with E-state index in [1.54, 1.807) is 12.1 Å². The maximum absolute atomic E-state index is 13.5. The van der Waals surface area contributed by atoms with E-state index in [0.29, 0.717) is 36.2 Å². The molecule has 1 N–H and O–H groups in total. The lowest BCUT2D eigenvalue weighted by Crippen LogP contribution is -2.33. The number of hydrogen-bond acceptors (Lipinski definition) is 5. The lowest BCUT2D eigenvalue weighted by atomic mass is 10.1. The third-order valence-corrected chi connectivity index (χ3v) is 5.40. The number of nitrogens with zero attached hydrogens (tertiary/aromatic N) is 2. The van der Waals surface area contributed by atoms with Crippen molar-refractivity contribution >= 4 is 17.5 Å². The molecule has 0 atom stereocenters. The Morgan fingerprint density at radius 1 is 1.18 bits per heavy atom. The van der Waals surface area contributed by atoms with E-state index in [-0.39, 0.29) is 17.9 Å². The van der Waals surface area contributed by atoms with Crippen LogP contribution in [0.2, 0.25) is 5.02 Å². The largest absolute Gasteiger partial charge is 0.486 e. The molecule has 0 radical (unpaired) electrons. The van der Waals surface area contributed by atoms with E-state index in [1.807, 2.05) is 0 Å². The van der Waals surface area contributed by atoms with Crippen molar-refractivity contribution < 1.29 is 27.4 Å². The first-order valence-corrected chi connectivity index (χ1v) is 10.7. The molecule has 1 aromatic heterocycles. The molecule has 0 spiro atoms. The first kappa shape index (κ1) is 23.6. The summed E-state index contributed by atoms with van der Waals surface area (Å²) in [4.78, 5) is 25.0. The van der Waals surface area contributed by atoms with Crippen LogP contribution >= 0.6 is 11.6 Å². The van der Waals surface area contributed by atoms with E-state index < -0.39 is 28.8 Å². The van der Waals surface area contributed by atoms with Crippen molar-refractivity contribution in [3.05, 3.63) is 80.2 Å². The molecule has 2 aromatic carbocycles. The molecule has 11 heteroatoms. The molecule has 1 aliphatic rings. The summed E-state index contributed by atoms with van der Waals surface area (Å²) in [5.41, 5.74) is -1.50. The summed E-state index contributed by atoms with van der Waals surface area (Å²) in [5, 5.41) is 6.91. The van der Waals surface area contributed by atoms with Gasteiger partial charge in [0.05, 0.1) is 16.3 Å². The zero-order chi connectivity index (χ0) is 24.5. The second-order valence-electron chi connectivity index (χ2n) is 7.53. The van der Waals surface area contributed by atoms with Crippen molar-refractivity contribution in [3.63, 3.8) is 0 Å². The van der Waals surface area contributed by atoms with Crippen molar-refractivity contribution in [1.82, 2.24) is 15.1 Å². The summed E-state index contributed by atoms with van der Waals surface area (Å²) in [6, 6.07) is 9.32. The SMILES string of the molecule is Cc1cc(=O)c(C(=O)NCCc2cc(Cl)c3c(c2)OCCO3)nn1-c1ccccc1C(F)(F)F. The Hall–Kier alpha value is -3.53.